The van der Waals surface area contributed by atoms with Gasteiger partial charge in [0, 0.05) is 11.2 Å². The zero-order chi connectivity index (χ0) is 22.3. The van der Waals surface area contributed by atoms with Gasteiger partial charge in [0.25, 0.3) is 5.82 Å². The van der Waals surface area contributed by atoms with Gasteiger partial charge in [-0.05, 0) is 30.7 Å². The average molecular weight is 454 g/mol. The first-order chi connectivity index (χ1) is 13.9. The molecule has 2 heterocycles. The molecule has 3 rings (SSSR count). The largest absolute Gasteiger partial charge is 0.481 e. The summed E-state index contributed by atoms with van der Waals surface area (Å²) >= 11 is 5.80. The zero-order valence-electron chi connectivity index (χ0n) is 14.8. The first kappa shape index (κ1) is 21.7. The smallest absolute Gasteiger partial charge is 0.453 e. The topological polar surface area (TPSA) is 66.2 Å². The first-order valence-corrected chi connectivity index (χ1v) is 8.37. The third kappa shape index (κ3) is 4.58. The number of benzene rings is 1. The Balaban J connectivity index is 1.92. The molecule has 0 fully saturated rings. The van der Waals surface area contributed by atoms with Crippen molar-refractivity contribution < 1.29 is 40.7 Å². The van der Waals surface area contributed by atoms with Crippen molar-refractivity contribution in [1.82, 2.24) is 14.7 Å². The number of aromatic nitrogens is 3. The number of fused-ring (bicyclic) bond motifs is 1. The summed E-state index contributed by atoms with van der Waals surface area (Å²) in [5.74, 6) is -2.90. The quantitative estimate of drug-likeness (QED) is 0.546. The lowest BCUT2D eigenvalue weighted by atomic mass is 10.2. The lowest BCUT2D eigenvalue weighted by Crippen LogP contribution is -2.29. The van der Waals surface area contributed by atoms with E-state index in [4.69, 9.17) is 16.3 Å². The third-order valence-corrected chi connectivity index (χ3v) is 3.98. The molecule has 0 unspecified atom stereocenters. The minimum atomic E-state index is -5.14. The van der Waals surface area contributed by atoms with Crippen LogP contribution in [0.4, 0.5) is 26.3 Å². The second-order valence-electron chi connectivity index (χ2n) is 5.95. The number of imidazole rings is 1. The van der Waals surface area contributed by atoms with Crippen LogP contribution in [0.1, 0.15) is 17.0 Å². The Labute approximate surface area is 168 Å². The molecule has 0 radical (unpaired) electrons. The second kappa shape index (κ2) is 7.67. The molecule has 1 aromatic carbocycles. The van der Waals surface area contributed by atoms with Gasteiger partial charge in [-0.2, -0.15) is 26.3 Å². The summed E-state index contributed by atoms with van der Waals surface area (Å²) in [5.41, 5.74) is -2.24. The third-order valence-electron chi connectivity index (χ3n) is 3.74. The van der Waals surface area contributed by atoms with E-state index in [1.165, 1.54) is 6.07 Å². The number of alkyl halides is 6. The molecule has 3 aromatic rings. The van der Waals surface area contributed by atoms with E-state index in [1.54, 1.807) is 19.1 Å². The van der Waals surface area contributed by atoms with Crippen LogP contribution >= 0.6 is 11.6 Å². The van der Waals surface area contributed by atoms with E-state index >= 15 is 0 Å². The van der Waals surface area contributed by atoms with Gasteiger partial charge >= 0.3 is 18.3 Å². The molecule has 30 heavy (non-hydrogen) atoms. The summed E-state index contributed by atoms with van der Waals surface area (Å²) < 4.78 is 83.5. The zero-order valence-corrected chi connectivity index (χ0v) is 15.6. The SMILES string of the molecule is Cc1ccc(Cl)cc1OCC(=O)On1c(C(F)(F)F)nc2ncc(C(F)(F)F)cc21. The fourth-order valence-electron chi connectivity index (χ4n) is 2.36. The lowest BCUT2D eigenvalue weighted by molar-refractivity contribution is -0.163. The van der Waals surface area contributed by atoms with E-state index < -0.39 is 47.5 Å². The number of nitrogens with zero attached hydrogens (tertiary/aromatic N) is 3. The number of rotatable bonds is 4. The number of pyridine rings is 1. The van der Waals surface area contributed by atoms with E-state index in [2.05, 4.69) is 14.8 Å². The number of ether oxygens (including phenoxy) is 1. The Hall–Kier alpha value is -3.02. The van der Waals surface area contributed by atoms with Gasteiger partial charge in [-0.15, -0.1) is 4.73 Å². The van der Waals surface area contributed by atoms with Crippen LogP contribution in [0.2, 0.25) is 5.02 Å². The van der Waals surface area contributed by atoms with Crippen molar-refractivity contribution in [2.24, 2.45) is 0 Å². The molecule has 0 aliphatic rings. The van der Waals surface area contributed by atoms with Crippen molar-refractivity contribution in [1.29, 1.82) is 0 Å². The van der Waals surface area contributed by atoms with Gasteiger partial charge < -0.3 is 9.57 Å². The molecule has 2 aromatic heterocycles. The molecule has 0 aliphatic heterocycles. The van der Waals surface area contributed by atoms with Crippen molar-refractivity contribution in [2.45, 2.75) is 19.3 Å². The fraction of sp³-hybridized carbons (Fsp3) is 0.235. The maximum atomic E-state index is 13.2. The molecule has 0 aliphatic carbocycles. The molecular formula is C17H10ClF6N3O3. The first-order valence-electron chi connectivity index (χ1n) is 7.99. The number of aryl methyl sites for hydroxylation is 1. The van der Waals surface area contributed by atoms with E-state index in [0.717, 1.165) is 0 Å². The normalized spacial score (nSPS) is 12.3. The summed E-state index contributed by atoms with van der Waals surface area (Å²) in [5, 5.41) is 0.287. The van der Waals surface area contributed by atoms with Gasteiger partial charge in [0.05, 0.1) is 5.56 Å². The molecule has 160 valence electrons. The van der Waals surface area contributed by atoms with Gasteiger partial charge in [0.1, 0.15) is 11.3 Å². The highest BCUT2D eigenvalue weighted by Gasteiger charge is 2.40. The number of carbonyl (C=O) groups is 1. The van der Waals surface area contributed by atoms with E-state index in [1.807, 2.05) is 0 Å². The Morgan fingerprint density at radius 3 is 2.47 bits per heavy atom. The minimum absolute atomic E-state index is 0.145. The number of halogens is 7. The summed E-state index contributed by atoms with van der Waals surface area (Å²) in [4.78, 5) is 23.1. The molecule has 0 saturated carbocycles. The van der Waals surface area contributed by atoms with Crippen LogP contribution in [0.3, 0.4) is 0 Å². The average Bonchev–Trinajstić information content (AvgIpc) is 3.00. The molecule has 0 amide bonds. The predicted octanol–water partition coefficient (Wildman–Crippen LogP) is 4.46. The number of hydrogen-bond donors (Lipinski definition) is 0. The Morgan fingerprint density at radius 1 is 1.13 bits per heavy atom. The second-order valence-corrected chi connectivity index (χ2v) is 6.39. The van der Waals surface area contributed by atoms with Crippen LogP contribution in [-0.2, 0) is 17.1 Å². The van der Waals surface area contributed by atoms with Crippen molar-refractivity contribution in [3.8, 4) is 5.75 Å². The molecular weight excluding hydrogens is 444 g/mol. The maximum Gasteiger partial charge on any atom is 0.453 e. The summed E-state index contributed by atoms with van der Waals surface area (Å²) in [6, 6.07) is 4.86. The van der Waals surface area contributed by atoms with Crippen LogP contribution in [0.25, 0.3) is 11.2 Å². The molecule has 0 N–H and O–H groups in total. The summed E-state index contributed by atoms with van der Waals surface area (Å²) in [6.07, 6.45) is -9.69. The molecule has 0 atom stereocenters. The van der Waals surface area contributed by atoms with E-state index in [-0.39, 0.29) is 15.5 Å². The fourth-order valence-corrected chi connectivity index (χ4v) is 2.52. The molecule has 0 saturated heterocycles. The highest BCUT2D eigenvalue weighted by atomic mass is 35.5. The van der Waals surface area contributed by atoms with E-state index in [9.17, 15) is 31.1 Å². The Bertz CT molecular complexity index is 1110. The number of hydrogen-bond acceptors (Lipinski definition) is 5. The minimum Gasteiger partial charge on any atom is -0.481 e. The van der Waals surface area contributed by atoms with Gasteiger partial charge in [0.2, 0.25) is 0 Å². The maximum absolute atomic E-state index is 13.2. The predicted molar refractivity (Wildman–Crippen MR) is 90.8 cm³/mol. The Morgan fingerprint density at radius 2 is 1.83 bits per heavy atom. The lowest BCUT2D eigenvalue weighted by Gasteiger charge is -2.13. The van der Waals surface area contributed by atoms with Gasteiger partial charge in [-0.25, -0.2) is 14.8 Å². The summed E-state index contributed by atoms with van der Waals surface area (Å²) in [6.45, 7) is 0.789. The summed E-state index contributed by atoms with van der Waals surface area (Å²) in [7, 11) is 0. The number of carbonyl (C=O) groups excluding carboxylic acids is 1. The highest BCUT2D eigenvalue weighted by Crippen LogP contribution is 2.34. The highest BCUT2D eigenvalue weighted by molar-refractivity contribution is 6.30. The van der Waals surface area contributed by atoms with Gasteiger partial charge in [-0.1, -0.05) is 17.7 Å². The molecule has 0 spiro atoms. The van der Waals surface area contributed by atoms with Crippen molar-refractivity contribution >= 4 is 28.7 Å². The van der Waals surface area contributed by atoms with Crippen LogP contribution in [0, 0.1) is 6.92 Å². The van der Waals surface area contributed by atoms with Crippen LogP contribution in [0.15, 0.2) is 30.5 Å². The van der Waals surface area contributed by atoms with Crippen LogP contribution in [0.5, 0.6) is 5.75 Å². The standard InChI is InChI=1S/C17H10ClF6N3O3/c1-8-2-3-10(18)5-12(8)29-7-13(28)30-27-11-4-9(16(19,20)21)6-25-14(11)26-15(27)17(22,23)24/h2-6H,7H2,1H3. The van der Waals surface area contributed by atoms with Gasteiger partial charge in [-0.3, -0.25) is 0 Å². The van der Waals surface area contributed by atoms with Crippen molar-refractivity contribution in [3.05, 3.63) is 52.4 Å². The van der Waals surface area contributed by atoms with Crippen molar-refractivity contribution in [2.75, 3.05) is 6.61 Å². The van der Waals surface area contributed by atoms with Gasteiger partial charge in [0.15, 0.2) is 12.3 Å². The molecule has 13 heteroatoms. The Kier molecular flexibility index (Phi) is 5.54. The van der Waals surface area contributed by atoms with Crippen molar-refractivity contribution in [3.63, 3.8) is 0 Å². The monoisotopic (exact) mass is 453 g/mol. The molecule has 0 bridgehead atoms. The molecule has 6 nitrogen and oxygen atoms in total. The van der Waals surface area contributed by atoms with E-state index in [0.29, 0.717) is 17.8 Å². The van der Waals surface area contributed by atoms with Crippen LogP contribution in [-0.4, -0.2) is 27.3 Å². The van der Waals surface area contributed by atoms with Crippen LogP contribution < -0.4 is 9.57 Å².